The maximum absolute atomic E-state index is 12.7. The SMILES string of the molecule is Cc1cc(C)cc(N2C(=O)C3C4CCC(C4)C3C2=O)c1. The summed E-state index contributed by atoms with van der Waals surface area (Å²) in [7, 11) is 0. The number of imide groups is 1. The molecule has 4 rings (SSSR count). The Labute approximate surface area is 119 Å². The van der Waals surface area contributed by atoms with Crippen LogP contribution in [0, 0.1) is 37.5 Å². The highest BCUT2D eigenvalue weighted by atomic mass is 16.2. The molecule has 3 nitrogen and oxygen atoms in total. The smallest absolute Gasteiger partial charge is 0.237 e. The number of aryl methyl sites for hydroxylation is 2. The van der Waals surface area contributed by atoms with Crippen molar-refractivity contribution in [2.45, 2.75) is 33.1 Å². The average molecular weight is 269 g/mol. The van der Waals surface area contributed by atoms with Gasteiger partial charge in [0.15, 0.2) is 0 Å². The van der Waals surface area contributed by atoms with E-state index in [-0.39, 0.29) is 23.7 Å². The van der Waals surface area contributed by atoms with Crippen molar-refractivity contribution in [3.05, 3.63) is 29.3 Å². The van der Waals surface area contributed by atoms with Crippen molar-refractivity contribution in [3.8, 4) is 0 Å². The van der Waals surface area contributed by atoms with Crippen LogP contribution in [0.15, 0.2) is 18.2 Å². The lowest BCUT2D eigenvalue weighted by Gasteiger charge is -2.19. The normalized spacial score (nSPS) is 35.0. The Morgan fingerprint density at radius 3 is 1.90 bits per heavy atom. The fourth-order valence-electron chi connectivity index (χ4n) is 4.74. The van der Waals surface area contributed by atoms with Crippen LogP contribution in [0.1, 0.15) is 30.4 Å². The van der Waals surface area contributed by atoms with E-state index in [2.05, 4.69) is 6.07 Å². The van der Waals surface area contributed by atoms with Gasteiger partial charge in [-0.05, 0) is 68.2 Å². The van der Waals surface area contributed by atoms with Gasteiger partial charge in [-0.3, -0.25) is 14.5 Å². The summed E-state index contributed by atoms with van der Waals surface area (Å²) in [6, 6.07) is 5.97. The van der Waals surface area contributed by atoms with E-state index in [0.29, 0.717) is 11.8 Å². The molecule has 0 aromatic heterocycles. The van der Waals surface area contributed by atoms with E-state index < -0.39 is 0 Å². The largest absolute Gasteiger partial charge is 0.274 e. The molecule has 4 atom stereocenters. The molecule has 0 N–H and O–H groups in total. The second-order valence-electron chi connectivity index (χ2n) is 6.74. The molecule has 1 aromatic rings. The van der Waals surface area contributed by atoms with E-state index in [0.717, 1.165) is 36.1 Å². The number of anilines is 1. The Balaban J connectivity index is 1.76. The molecule has 0 spiro atoms. The molecule has 3 aliphatic rings. The van der Waals surface area contributed by atoms with Crippen molar-refractivity contribution in [2.24, 2.45) is 23.7 Å². The van der Waals surface area contributed by atoms with Crippen LogP contribution in [-0.2, 0) is 9.59 Å². The van der Waals surface area contributed by atoms with Crippen molar-refractivity contribution in [1.82, 2.24) is 0 Å². The number of nitrogens with zero attached hydrogens (tertiary/aromatic N) is 1. The van der Waals surface area contributed by atoms with Crippen LogP contribution in [-0.4, -0.2) is 11.8 Å². The molecule has 2 saturated carbocycles. The molecule has 2 amide bonds. The summed E-state index contributed by atoms with van der Waals surface area (Å²) in [5.74, 6) is 0.966. The molecule has 1 aromatic carbocycles. The number of fused-ring (bicyclic) bond motifs is 5. The summed E-state index contributed by atoms with van der Waals surface area (Å²) in [5.41, 5.74) is 2.97. The minimum absolute atomic E-state index is 0.0259. The average Bonchev–Trinajstić information content (AvgIpc) is 3.02. The van der Waals surface area contributed by atoms with Crippen molar-refractivity contribution in [1.29, 1.82) is 0 Å². The Bertz CT molecular complexity index is 573. The molecule has 1 aliphatic heterocycles. The lowest BCUT2D eigenvalue weighted by molar-refractivity contribution is -0.123. The summed E-state index contributed by atoms with van der Waals surface area (Å²) >= 11 is 0. The van der Waals surface area contributed by atoms with Gasteiger partial charge in [0.1, 0.15) is 0 Å². The first-order chi connectivity index (χ1) is 9.56. The first-order valence-corrected chi connectivity index (χ1v) is 7.52. The Hall–Kier alpha value is -1.64. The maximum Gasteiger partial charge on any atom is 0.237 e. The molecular formula is C17H19NO2. The van der Waals surface area contributed by atoms with Crippen molar-refractivity contribution < 1.29 is 9.59 Å². The fraction of sp³-hybridized carbons (Fsp3) is 0.529. The van der Waals surface area contributed by atoms with Gasteiger partial charge in [0.2, 0.25) is 11.8 Å². The second-order valence-corrected chi connectivity index (χ2v) is 6.74. The van der Waals surface area contributed by atoms with E-state index >= 15 is 0 Å². The standard InChI is InChI=1S/C17H19NO2/c1-9-5-10(2)7-13(6-9)18-16(19)14-11-3-4-12(8-11)15(14)17(18)20/h5-7,11-12,14-15H,3-4,8H2,1-2H3. The molecule has 3 heteroatoms. The zero-order chi connectivity index (χ0) is 14.0. The maximum atomic E-state index is 12.7. The van der Waals surface area contributed by atoms with Gasteiger partial charge in [0.05, 0.1) is 17.5 Å². The summed E-state index contributed by atoms with van der Waals surface area (Å²) in [6.07, 6.45) is 3.35. The number of carbonyl (C=O) groups excluding carboxylic acids is 2. The Morgan fingerprint density at radius 1 is 0.900 bits per heavy atom. The van der Waals surface area contributed by atoms with Crippen molar-refractivity contribution >= 4 is 17.5 Å². The van der Waals surface area contributed by atoms with Crippen molar-refractivity contribution in [3.63, 3.8) is 0 Å². The number of hydrogen-bond acceptors (Lipinski definition) is 2. The van der Waals surface area contributed by atoms with Gasteiger partial charge in [0.25, 0.3) is 0 Å². The number of hydrogen-bond donors (Lipinski definition) is 0. The van der Waals surface area contributed by atoms with Gasteiger partial charge in [0, 0.05) is 0 Å². The molecule has 3 fully saturated rings. The molecule has 2 bridgehead atoms. The van der Waals surface area contributed by atoms with Gasteiger partial charge in [-0.15, -0.1) is 0 Å². The van der Waals surface area contributed by atoms with E-state index in [9.17, 15) is 9.59 Å². The van der Waals surface area contributed by atoms with E-state index in [1.807, 2.05) is 26.0 Å². The molecule has 0 radical (unpaired) electrons. The highest BCUT2D eigenvalue weighted by molar-refractivity contribution is 6.22. The van der Waals surface area contributed by atoms with Crippen LogP contribution in [0.3, 0.4) is 0 Å². The van der Waals surface area contributed by atoms with Gasteiger partial charge >= 0.3 is 0 Å². The number of benzene rings is 1. The van der Waals surface area contributed by atoms with Crippen LogP contribution in [0.4, 0.5) is 5.69 Å². The first-order valence-electron chi connectivity index (χ1n) is 7.52. The van der Waals surface area contributed by atoms with Gasteiger partial charge in [-0.25, -0.2) is 0 Å². The highest BCUT2D eigenvalue weighted by Crippen LogP contribution is 2.56. The molecular weight excluding hydrogens is 250 g/mol. The van der Waals surface area contributed by atoms with Crippen LogP contribution < -0.4 is 4.90 Å². The van der Waals surface area contributed by atoms with Crippen LogP contribution in [0.2, 0.25) is 0 Å². The molecule has 4 unspecified atom stereocenters. The summed E-state index contributed by atoms with van der Waals surface area (Å²) < 4.78 is 0. The number of rotatable bonds is 1. The zero-order valence-electron chi connectivity index (χ0n) is 11.9. The number of amides is 2. The van der Waals surface area contributed by atoms with E-state index in [1.165, 1.54) is 4.90 Å². The predicted octanol–water partition coefficient (Wildman–Crippen LogP) is 2.84. The monoisotopic (exact) mass is 269 g/mol. The van der Waals surface area contributed by atoms with Gasteiger partial charge in [-0.1, -0.05) is 6.07 Å². The third kappa shape index (κ3) is 1.46. The second kappa shape index (κ2) is 3.94. The van der Waals surface area contributed by atoms with E-state index in [1.54, 1.807) is 0 Å². The minimum Gasteiger partial charge on any atom is -0.274 e. The summed E-state index contributed by atoms with van der Waals surface area (Å²) in [5, 5.41) is 0. The predicted molar refractivity (Wildman–Crippen MR) is 76.2 cm³/mol. The van der Waals surface area contributed by atoms with Gasteiger partial charge in [-0.2, -0.15) is 0 Å². The Morgan fingerprint density at radius 2 is 1.40 bits per heavy atom. The van der Waals surface area contributed by atoms with Gasteiger partial charge < -0.3 is 0 Å². The third-order valence-electron chi connectivity index (χ3n) is 5.39. The highest BCUT2D eigenvalue weighted by Gasteiger charge is 2.61. The minimum atomic E-state index is -0.0259. The number of carbonyl (C=O) groups is 2. The Kier molecular flexibility index (Phi) is 2.39. The third-order valence-corrected chi connectivity index (χ3v) is 5.39. The zero-order valence-corrected chi connectivity index (χ0v) is 11.9. The first kappa shape index (κ1) is 12.1. The summed E-state index contributed by atoms with van der Waals surface area (Å²) in [4.78, 5) is 26.9. The fourth-order valence-corrected chi connectivity index (χ4v) is 4.74. The lowest BCUT2D eigenvalue weighted by atomic mass is 9.81. The van der Waals surface area contributed by atoms with Crippen LogP contribution in [0.25, 0.3) is 0 Å². The molecule has 1 saturated heterocycles. The topological polar surface area (TPSA) is 37.4 Å². The molecule has 104 valence electrons. The lowest BCUT2D eigenvalue weighted by Crippen LogP contribution is -2.32. The van der Waals surface area contributed by atoms with Crippen molar-refractivity contribution in [2.75, 3.05) is 4.90 Å². The molecule has 20 heavy (non-hydrogen) atoms. The van der Waals surface area contributed by atoms with E-state index in [4.69, 9.17) is 0 Å². The quantitative estimate of drug-likeness (QED) is 0.735. The molecule has 2 aliphatic carbocycles. The summed E-state index contributed by atoms with van der Waals surface area (Å²) in [6.45, 7) is 4.01. The molecule has 1 heterocycles. The van der Waals surface area contributed by atoms with Crippen LogP contribution in [0.5, 0.6) is 0 Å². The van der Waals surface area contributed by atoms with Crippen LogP contribution >= 0.6 is 0 Å².